The minimum absolute atomic E-state index is 0.0504. The Bertz CT molecular complexity index is 443. The van der Waals surface area contributed by atoms with Crippen LogP contribution in [0.4, 0.5) is 0 Å². The predicted molar refractivity (Wildman–Crippen MR) is 65.7 cm³/mol. The molecule has 0 spiro atoms. The molecule has 1 aromatic carbocycles. The molecule has 96 valence electrons. The molecule has 0 aromatic heterocycles. The van der Waals surface area contributed by atoms with Gasteiger partial charge in [0.05, 0.1) is 0 Å². The lowest BCUT2D eigenvalue weighted by atomic mass is 10.1. The van der Waals surface area contributed by atoms with Crippen LogP contribution in [0.5, 0.6) is 0 Å². The molecule has 1 saturated carbocycles. The van der Waals surface area contributed by atoms with E-state index in [2.05, 4.69) is 5.32 Å². The van der Waals surface area contributed by atoms with Crippen molar-refractivity contribution in [2.45, 2.75) is 24.9 Å². The lowest BCUT2D eigenvalue weighted by Crippen LogP contribution is -2.46. The Hall–Kier alpha value is -1.88. The maximum atomic E-state index is 11.9. The molecular formula is C13H16N2O3. The number of nitrogens with one attached hydrogen (secondary N) is 1. The number of hydrogen-bond acceptors (Lipinski definition) is 3. The average Bonchev–Trinajstić information content (AvgIpc) is 3.19. The van der Waals surface area contributed by atoms with Crippen molar-refractivity contribution in [2.24, 2.45) is 11.7 Å². The first-order valence-corrected chi connectivity index (χ1v) is 5.93. The number of carbonyl (C=O) groups is 2. The first kappa shape index (κ1) is 12.6. The van der Waals surface area contributed by atoms with Crippen LogP contribution in [0.2, 0.25) is 0 Å². The van der Waals surface area contributed by atoms with E-state index in [9.17, 15) is 9.59 Å². The molecule has 1 fully saturated rings. The zero-order chi connectivity index (χ0) is 13.1. The van der Waals surface area contributed by atoms with Crippen molar-refractivity contribution in [2.75, 3.05) is 0 Å². The van der Waals surface area contributed by atoms with Gasteiger partial charge in [-0.2, -0.15) is 0 Å². The van der Waals surface area contributed by atoms with Gasteiger partial charge in [-0.25, -0.2) is 4.79 Å². The van der Waals surface area contributed by atoms with Gasteiger partial charge in [0.15, 0.2) is 0 Å². The van der Waals surface area contributed by atoms with Crippen LogP contribution < -0.4 is 11.1 Å². The summed E-state index contributed by atoms with van der Waals surface area (Å²) in [5.41, 5.74) is 6.48. The number of carbonyl (C=O) groups excluding carboxylic acids is 1. The van der Waals surface area contributed by atoms with Gasteiger partial charge in [-0.05, 0) is 24.3 Å². The third-order valence-electron chi connectivity index (χ3n) is 3.10. The first-order valence-electron chi connectivity index (χ1n) is 5.93. The third-order valence-corrected chi connectivity index (χ3v) is 3.10. The van der Waals surface area contributed by atoms with Gasteiger partial charge >= 0.3 is 5.97 Å². The summed E-state index contributed by atoms with van der Waals surface area (Å²) in [4.78, 5) is 22.9. The highest BCUT2D eigenvalue weighted by molar-refractivity contribution is 5.87. The SMILES string of the molecule is N[C@@H](C(=O)NC(C(=O)O)C1CC1)c1ccccc1. The molecule has 1 aliphatic rings. The maximum Gasteiger partial charge on any atom is 0.326 e. The molecular weight excluding hydrogens is 232 g/mol. The highest BCUT2D eigenvalue weighted by Crippen LogP contribution is 2.32. The molecule has 1 amide bonds. The van der Waals surface area contributed by atoms with Crippen LogP contribution in [0, 0.1) is 5.92 Å². The van der Waals surface area contributed by atoms with Gasteiger partial charge in [-0.3, -0.25) is 4.79 Å². The lowest BCUT2D eigenvalue weighted by molar-refractivity contribution is -0.142. The Labute approximate surface area is 105 Å². The number of amides is 1. The van der Waals surface area contributed by atoms with Crippen molar-refractivity contribution in [3.05, 3.63) is 35.9 Å². The van der Waals surface area contributed by atoms with Crippen LogP contribution in [0.15, 0.2) is 30.3 Å². The van der Waals surface area contributed by atoms with E-state index in [4.69, 9.17) is 10.8 Å². The molecule has 2 atom stereocenters. The van der Waals surface area contributed by atoms with Gasteiger partial charge in [0.25, 0.3) is 0 Å². The van der Waals surface area contributed by atoms with Crippen molar-refractivity contribution in [1.29, 1.82) is 0 Å². The molecule has 2 rings (SSSR count). The molecule has 5 nitrogen and oxygen atoms in total. The molecule has 0 saturated heterocycles. The highest BCUT2D eigenvalue weighted by atomic mass is 16.4. The van der Waals surface area contributed by atoms with Crippen molar-refractivity contribution in [3.8, 4) is 0 Å². The fourth-order valence-corrected chi connectivity index (χ4v) is 1.87. The van der Waals surface area contributed by atoms with Crippen molar-refractivity contribution in [3.63, 3.8) is 0 Å². The van der Waals surface area contributed by atoms with E-state index < -0.39 is 24.0 Å². The third kappa shape index (κ3) is 2.87. The Morgan fingerprint density at radius 3 is 2.39 bits per heavy atom. The Kier molecular flexibility index (Phi) is 3.62. The zero-order valence-electron chi connectivity index (χ0n) is 9.87. The van der Waals surface area contributed by atoms with Gasteiger partial charge in [-0.1, -0.05) is 30.3 Å². The molecule has 18 heavy (non-hydrogen) atoms. The fourth-order valence-electron chi connectivity index (χ4n) is 1.87. The van der Waals surface area contributed by atoms with Gasteiger partial charge in [0.2, 0.25) is 5.91 Å². The van der Waals surface area contributed by atoms with Crippen LogP contribution in [0.1, 0.15) is 24.4 Å². The average molecular weight is 248 g/mol. The summed E-state index contributed by atoms with van der Waals surface area (Å²) in [6, 6.07) is 7.27. The van der Waals surface area contributed by atoms with E-state index in [0.29, 0.717) is 5.56 Å². The second-order valence-electron chi connectivity index (χ2n) is 4.55. The number of aliphatic carboxylic acids is 1. The standard InChI is InChI=1S/C13H16N2O3/c14-10(8-4-2-1-3-5-8)12(16)15-11(13(17)18)9-6-7-9/h1-5,9-11H,6-7,14H2,(H,15,16)(H,17,18)/t10-,11?/m1/s1. The van der Waals surface area contributed by atoms with Crippen LogP contribution in [0.25, 0.3) is 0 Å². The summed E-state index contributed by atoms with van der Waals surface area (Å²) in [5, 5.41) is 11.5. The summed E-state index contributed by atoms with van der Waals surface area (Å²) in [7, 11) is 0. The molecule has 4 N–H and O–H groups in total. The zero-order valence-corrected chi connectivity index (χ0v) is 9.87. The van der Waals surface area contributed by atoms with E-state index in [-0.39, 0.29) is 5.92 Å². The van der Waals surface area contributed by atoms with E-state index in [1.54, 1.807) is 24.3 Å². The second kappa shape index (κ2) is 5.18. The molecule has 0 bridgehead atoms. The van der Waals surface area contributed by atoms with Crippen LogP contribution >= 0.6 is 0 Å². The smallest absolute Gasteiger partial charge is 0.326 e. The Morgan fingerprint density at radius 2 is 1.89 bits per heavy atom. The minimum Gasteiger partial charge on any atom is -0.480 e. The topological polar surface area (TPSA) is 92.4 Å². The molecule has 1 aromatic rings. The first-order chi connectivity index (χ1) is 8.59. The highest BCUT2D eigenvalue weighted by Gasteiger charge is 2.38. The van der Waals surface area contributed by atoms with E-state index in [1.807, 2.05) is 6.07 Å². The quantitative estimate of drug-likeness (QED) is 0.714. The molecule has 1 aliphatic carbocycles. The summed E-state index contributed by atoms with van der Waals surface area (Å²) in [6.07, 6.45) is 1.69. The number of carboxylic acid groups (broad SMARTS) is 1. The monoisotopic (exact) mass is 248 g/mol. The summed E-state index contributed by atoms with van der Waals surface area (Å²) >= 11 is 0. The number of hydrogen-bond donors (Lipinski definition) is 3. The minimum atomic E-state index is -0.994. The fraction of sp³-hybridized carbons (Fsp3) is 0.385. The van der Waals surface area contributed by atoms with Crippen LogP contribution in [0.3, 0.4) is 0 Å². The molecule has 0 radical (unpaired) electrons. The summed E-state index contributed by atoms with van der Waals surface area (Å²) < 4.78 is 0. The Balaban J connectivity index is 2.00. The normalized spacial score (nSPS) is 17.8. The van der Waals surface area contributed by atoms with Crippen molar-refractivity contribution >= 4 is 11.9 Å². The second-order valence-corrected chi connectivity index (χ2v) is 4.55. The van der Waals surface area contributed by atoms with E-state index in [1.165, 1.54) is 0 Å². The number of benzene rings is 1. The van der Waals surface area contributed by atoms with Crippen LogP contribution in [-0.2, 0) is 9.59 Å². The maximum absolute atomic E-state index is 11.9. The number of carboxylic acids is 1. The van der Waals surface area contributed by atoms with Crippen LogP contribution in [-0.4, -0.2) is 23.0 Å². The van der Waals surface area contributed by atoms with Gasteiger partial charge < -0.3 is 16.2 Å². The molecule has 0 heterocycles. The van der Waals surface area contributed by atoms with E-state index >= 15 is 0 Å². The number of rotatable bonds is 5. The lowest BCUT2D eigenvalue weighted by Gasteiger charge is -2.17. The van der Waals surface area contributed by atoms with Gasteiger partial charge in [0, 0.05) is 0 Å². The Morgan fingerprint density at radius 1 is 1.28 bits per heavy atom. The number of nitrogens with two attached hydrogens (primary N) is 1. The van der Waals surface area contributed by atoms with Gasteiger partial charge in [0.1, 0.15) is 12.1 Å². The molecule has 5 heteroatoms. The molecule has 0 aliphatic heterocycles. The largest absolute Gasteiger partial charge is 0.480 e. The van der Waals surface area contributed by atoms with Gasteiger partial charge in [-0.15, -0.1) is 0 Å². The summed E-state index contributed by atoms with van der Waals surface area (Å²) in [5.74, 6) is -1.39. The predicted octanol–water partition coefficient (Wildman–Crippen LogP) is 0.666. The van der Waals surface area contributed by atoms with E-state index in [0.717, 1.165) is 12.8 Å². The molecule has 1 unspecified atom stereocenters. The summed E-state index contributed by atoms with van der Waals surface area (Å²) in [6.45, 7) is 0. The van der Waals surface area contributed by atoms with Crippen molar-refractivity contribution < 1.29 is 14.7 Å². The van der Waals surface area contributed by atoms with Crippen molar-refractivity contribution in [1.82, 2.24) is 5.32 Å².